The molecule has 0 aliphatic heterocycles. The van der Waals surface area contributed by atoms with Crippen molar-refractivity contribution in [3.63, 3.8) is 0 Å². The minimum absolute atomic E-state index is 0.0825. The first kappa shape index (κ1) is 25.3. The third-order valence-electron chi connectivity index (χ3n) is 5.66. The summed E-state index contributed by atoms with van der Waals surface area (Å²) in [4.78, 5) is 26.5. The average molecular weight is 483 g/mol. The molecule has 1 heterocycles. The smallest absolute Gasteiger partial charge is 0.341 e. The molecule has 0 saturated carbocycles. The number of rotatable bonds is 10. The molecule has 7 nitrogen and oxygen atoms in total. The Morgan fingerprint density at radius 2 is 1.97 bits per heavy atom. The number of nitrogens with one attached hydrogen (secondary N) is 1. The van der Waals surface area contributed by atoms with Crippen molar-refractivity contribution in [1.29, 1.82) is 5.26 Å². The van der Waals surface area contributed by atoms with Crippen molar-refractivity contribution in [2.24, 2.45) is 0 Å². The molecule has 0 saturated heterocycles. The highest BCUT2D eigenvalue weighted by atomic mass is 32.1. The summed E-state index contributed by atoms with van der Waals surface area (Å²) >= 11 is 1.38. The summed E-state index contributed by atoms with van der Waals surface area (Å²) in [6.45, 7) is 2.73. The largest absolute Gasteiger partial charge is 0.493 e. The number of esters is 1. The highest BCUT2D eigenvalue weighted by Gasteiger charge is 2.27. The van der Waals surface area contributed by atoms with Crippen LogP contribution in [-0.4, -0.2) is 32.7 Å². The molecule has 1 aromatic carbocycles. The number of carbonyl (C=O) groups is 2. The number of fused-ring (bicyclic) bond motifs is 1. The van der Waals surface area contributed by atoms with Crippen molar-refractivity contribution in [3.05, 3.63) is 45.3 Å². The molecular weight excluding hydrogens is 452 g/mol. The van der Waals surface area contributed by atoms with Crippen LogP contribution in [0.1, 0.15) is 65.4 Å². The van der Waals surface area contributed by atoms with Gasteiger partial charge in [-0.3, -0.25) is 4.79 Å². The van der Waals surface area contributed by atoms with Gasteiger partial charge in [-0.2, -0.15) is 5.26 Å². The van der Waals surface area contributed by atoms with E-state index in [4.69, 9.17) is 14.2 Å². The van der Waals surface area contributed by atoms with Gasteiger partial charge in [0.05, 0.1) is 26.4 Å². The second-order valence-corrected chi connectivity index (χ2v) is 9.10. The van der Waals surface area contributed by atoms with Gasteiger partial charge in [-0.25, -0.2) is 4.79 Å². The Morgan fingerprint density at radius 1 is 1.18 bits per heavy atom. The van der Waals surface area contributed by atoms with Gasteiger partial charge in [-0.1, -0.05) is 25.8 Å². The number of amides is 1. The molecule has 0 bridgehead atoms. The van der Waals surface area contributed by atoms with Gasteiger partial charge >= 0.3 is 5.97 Å². The van der Waals surface area contributed by atoms with Crippen LogP contribution in [0, 0.1) is 11.3 Å². The Labute approximate surface area is 204 Å². The summed E-state index contributed by atoms with van der Waals surface area (Å²) < 4.78 is 16.2. The lowest BCUT2D eigenvalue weighted by Gasteiger charge is -2.12. The standard InChI is InChI=1S/C26H30N2O5S/c1-4-5-8-13-33-20-12-11-17(15-21(20)31-2)14-18(16-27)24(29)28-25-23(26(30)32-3)19-9-6-7-10-22(19)34-25/h11-12,14-15H,4-10,13H2,1-3H3,(H,28,29). The average Bonchev–Trinajstić information content (AvgIpc) is 3.22. The van der Waals surface area contributed by atoms with Crippen LogP contribution in [0.4, 0.5) is 5.00 Å². The van der Waals surface area contributed by atoms with Crippen LogP contribution in [0.3, 0.4) is 0 Å². The molecule has 1 aliphatic carbocycles. The van der Waals surface area contributed by atoms with Gasteiger partial charge in [-0.15, -0.1) is 11.3 Å². The van der Waals surface area contributed by atoms with Gasteiger partial charge in [0.25, 0.3) is 5.91 Å². The number of hydrogen-bond donors (Lipinski definition) is 1. The number of ether oxygens (including phenoxy) is 3. The molecule has 0 radical (unpaired) electrons. The Hall–Kier alpha value is -3.31. The van der Waals surface area contributed by atoms with Crippen LogP contribution in [0.2, 0.25) is 0 Å². The van der Waals surface area contributed by atoms with E-state index >= 15 is 0 Å². The Bertz CT molecular complexity index is 1110. The normalized spacial score (nSPS) is 12.9. The van der Waals surface area contributed by atoms with Gasteiger partial charge in [0.2, 0.25) is 0 Å². The zero-order valence-electron chi connectivity index (χ0n) is 19.9. The third-order valence-corrected chi connectivity index (χ3v) is 6.86. The molecule has 34 heavy (non-hydrogen) atoms. The number of unbranched alkanes of at least 4 members (excludes halogenated alkanes) is 2. The number of methoxy groups -OCH3 is 2. The van der Waals surface area contributed by atoms with Crippen molar-refractivity contribution in [2.75, 3.05) is 26.1 Å². The quantitative estimate of drug-likeness (QED) is 0.207. The van der Waals surface area contributed by atoms with Crippen molar-refractivity contribution >= 4 is 34.3 Å². The van der Waals surface area contributed by atoms with E-state index in [1.807, 2.05) is 6.07 Å². The second kappa shape index (κ2) is 12.2. The zero-order valence-corrected chi connectivity index (χ0v) is 20.7. The molecule has 0 fully saturated rings. The third kappa shape index (κ3) is 5.97. The minimum atomic E-state index is -0.579. The Balaban J connectivity index is 1.81. The van der Waals surface area contributed by atoms with E-state index in [-0.39, 0.29) is 5.57 Å². The molecule has 0 unspecified atom stereocenters. The molecule has 1 aliphatic rings. The maximum absolute atomic E-state index is 12.9. The fourth-order valence-corrected chi connectivity index (χ4v) is 5.16. The van der Waals surface area contributed by atoms with Gasteiger partial charge < -0.3 is 19.5 Å². The Morgan fingerprint density at radius 3 is 2.68 bits per heavy atom. The number of aryl methyl sites for hydroxylation is 1. The van der Waals surface area contributed by atoms with Gasteiger partial charge in [0.1, 0.15) is 16.6 Å². The van der Waals surface area contributed by atoms with Gasteiger partial charge in [0.15, 0.2) is 11.5 Å². The SMILES string of the molecule is CCCCCOc1ccc(C=C(C#N)C(=O)Nc2sc3c(c2C(=O)OC)CCCC3)cc1OC. The predicted molar refractivity (Wildman–Crippen MR) is 133 cm³/mol. The number of nitriles is 1. The number of anilines is 1. The molecule has 2 aromatic rings. The maximum Gasteiger partial charge on any atom is 0.341 e. The van der Waals surface area contributed by atoms with Crippen LogP contribution in [0.15, 0.2) is 23.8 Å². The van der Waals surface area contributed by atoms with Gasteiger partial charge in [0, 0.05) is 4.88 Å². The fraction of sp³-hybridized carbons (Fsp3) is 0.423. The molecule has 1 N–H and O–H groups in total. The van der Waals surface area contributed by atoms with Crippen LogP contribution in [-0.2, 0) is 22.4 Å². The molecular formula is C26H30N2O5S. The van der Waals surface area contributed by atoms with Crippen molar-refractivity contribution < 1.29 is 23.8 Å². The summed E-state index contributed by atoms with van der Waals surface area (Å²) in [5, 5.41) is 12.8. The van der Waals surface area contributed by atoms with Crippen LogP contribution in [0.5, 0.6) is 11.5 Å². The van der Waals surface area contributed by atoms with Crippen molar-refractivity contribution in [2.45, 2.75) is 51.9 Å². The number of thiophene rings is 1. The van der Waals surface area contributed by atoms with E-state index in [1.54, 1.807) is 25.3 Å². The van der Waals surface area contributed by atoms with E-state index < -0.39 is 11.9 Å². The molecule has 1 aromatic heterocycles. The maximum atomic E-state index is 12.9. The number of nitrogens with zero attached hydrogens (tertiary/aromatic N) is 1. The molecule has 180 valence electrons. The lowest BCUT2D eigenvalue weighted by atomic mass is 9.95. The van der Waals surface area contributed by atoms with E-state index in [0.717, 1.165) is 55.4 Å². The molecule has 0 spiro atoms. The van der Waals surface area contributed by atoms with Gasteiger partial charge in [-0.05, 0) is 61.4 Å². The van der Waals surface area contributed by atoms with Crippen LogP contribution in [0.25, 0.3) is 6.08 Å². The zero-order chi connectivity index (χ0) is 24.5. The number of carbonyl (C=O) groups excluding carboxylic acids is 2. The topological polar surface area (TPSA) is 97.7 Å². The van der Waals surface area contributed by atoms with Crippen molar-refractivity contribution in [1.82, 2.24) is 0 Å². The summed E-state index contributed by atoms with van der Waals surface area (Å²) in [5.74, 6) is 0.0917. The summed E-state index contributed by atoms with van der Waals surface area (Å²) in [6.07, 6.45) is 8.33. The van der Waals surface area contributed by atoms with Crippen LogP contribution >= 0.6 is 11.3 Å². The second-order valence-electron chi connectivity index (χ2n) is 8.00. The highest BCUT2D eigenvalue weighted by Crippen LogP contribution is 2.39. The molecule has 3 rings (SSSR count). The first-order valence-corrected chi connectivity index (χ1v) is 12.3. The predicted octanol–water partition coefficient (Wildman–Crippen LogP) is 5.54. The van der Waals surface area contributed by atoms with E-state index in [2.05, 4.69) is 12.2 Å². The first-order valence-electron chi connectivity index (χ1n) is 11.5. The van der Waals surface area contributed by atoms with E-state index in [9.17, 15) is 14.9 Å². The van der Waals surface area contributed by atoms with E-state index in [1.165, 1.54) is 24.5 Å². The lowest BCUT2D eigenvalue weighted by molar-refractivity contribution is -0.112. The first-order chi connectivity index (χ1) is 16.5. The Kier molecular flexibility index (Phi) is 9.11. The number of hydrogen-bond acceptors (Lipinski definition) is 7. The summed E-state index contributed by atoms with van der Waals surface area (Å²) in [5.41, 5.74) is 1.89. The van der Waals surface area contributed by atoms with E-state index in [0.29, 0.717) is 34.2 Å². The highest BCUT2D eigenvalue weighted by molar-refractivity contribution is 7.17. The molecule has 8 heteroatoms. The van der Waals surface area contributed by atoms with Crippen molar-refractivity contribution in [3.8, 4) is 17.6 Å². The molecule has 0 atom stereocenters. The fourth-order valence-electron chi connectivity index (χ4n) is 3.89. The summed E-state index contributed by atoms with van der Waals surface area (Å²) in [6, 6.07) is 7.23. The van der Waals surface area contributed by atoms with Crippen LogP contribution < -0.4 is 14.8 Å². The summed E-state index contributed by atoms with van der Waals surface area (Å²) in [7, 11) is 2.87. The molecule has 1 amide bonds. The monoisotopic (exact) mass is 482 g/mol. The lowest BCUT2D eigenvalue weighted by Crippen LogP contribution is -2.16. The number of benzene rings is 1. The minimum Gasteiger partial charge on any atom is -0.493 e.